The number of aromatic nitrogens is 1. The summed E-state index contributed by atoms with van der Waals surface area (Å²) in [6.07, 6.45) is 1.66. The van der Waals surface area contributed by atoms with E-state index in [0.717, 1.165) is 3.57 Å². The molecule has 0 aliphatic carbocycles. The molecule has 0 amide bonds. The molecular weight excluding hydrogens is 327 g/mol. The van der Waals surface area contributed by atoms with Crippen LogP contribution in [0.2, 0.25) is 5.02 Å². The van der Waals surface area contributed by atoms with Gasteiger partial charge in [0.25, 0.3) is 0 Å². The zero-order chi connectivity index (χ0) is 10.8. The third kappa shape index (κ3) is 2.46. The molecule has 0 saturated heterocycles. The second kappa shape index (κ2) is 4.45. The quantitative estimate of drug-likeness (QED) is 0.715. The van der Waals surface area contributed by atoms with Gasteiger partial charge in [-0.1, -0.05) is 11.6 Å². The average molecular weight is 334 g/mol. The summed E-state index contributed by atoms with van der Waals surface area (Å²) in [5.41, 5.74) is 1.09. The molecule has 0 bridgehead atoms. The monoisotopic (exact) mass is 333 g/mol. The molecule has 0 saturated carbocycles. The molecule has 0 aliphatic rings. The van der Waals surface area contributed by atoms with Gasteiger partial charge in [-0.25, -0.2) is 4.39 Å². The molecule has 0 spiro atoms. The Morgan fingerprint density at radius 2 is 2.00 bits per heavy atom. The van der Waals surface area contributed by atoms with E-state index in [1.54, 1.807) is 18.3 Å². The number of hydrogen-bond donors (Lipinski definition) is 0. The van der Waals surface area contributed by atoms with Crippen LogP contribution in [0.25, 0.3) is 11.3 Å². The van der Waals surface area contributed by atoms with Gasteiger partial charge in [-0.3, -0.25) is 4.98 Å². The zero-order valence-electron chi connectivity index (χ0n) is 7.55. The van der Waals surface area contributed by atoms with Gasteiger partial charge in [0.15, 0.2) is 0 Å². The van der Waals surface area contributed by atoms with Crippen molar-refractivity contribution in [3.63, 3.8) is 0 Å². The van der Waals surface area contributed by atoms with E-state index in [9.17, 15) is 4.39 Å². The Balaban J connectivity index is 2.54. The average Bonchev–Trinajstić information content (AvgIpc) is 2.17. The summed E-state index contributed by atoms with van der Waals surface area (Å²) in [5, 5.41) is 0.391. The van der Waals surface area contributed by atoms with Gasteiger partial charge in [0.05, 0.1) is 5.69 Å². The molecule has 1 aromatic heterocycles. The van der Waals surface area contributed by atoms with E-state index >= 15 is 0 Å². The van der Waals surface area contributed by atoms with Gasteiger partial charge >= 0.3 is 0 Å². The molecule has 0 atom stereocenters. The number of rotatable bonds is 1. The molecule has 15 heavy (non-hydrogen) atoms. The van der Waals surface area contributed by atoms with Crippen LogP contribution in [0, 0.1) is 9.39 Å². The van der Waals surface area contributed by atoms with Crippen LogP contribution < -0.4 is 0 Å². The lowest BCUT2D eigenvalue weighted by molar-refractivity contribution is 0.631. The third-order valence-corrected chi connectivity index (χ3v) is 2.84. The smallest absolute Gasteiger partial charge is 0.134 e. The van der Waals surface area contributed by atoms with Crippen LogP contribution in [0.15, 0.2) is 36.5 Å². The van der Waals surface area contributed by atoms with Crippen LogP contribution in [0.5, 0.6) is 0 Å². The summed E-state index contributed by atoms with van der Waals surface area (Å²) >= 11 is 7.84. The number of halogens is 3. The molecule has 76 valence electrons. The van der Waals surface area contributed by atoms with Gasteiger partial charge in [-0.05, 0) is 52.9 Å². The number of nitrogens with zero attached hydrogens (tertiary/aromatic N) is 1. The van der Waals surface area contributed by atoms with Crippen molar-refractivity contribution in [3.8, 4) is 11.3 Å². The van der Waals surface area contributed by atoms with Gasteiger partial charge in [-0.2, -0.15) is 0 Å². The maximum Gasteiger partial charge on any atom is 0.134 e. The predicted octanol–water partition coefficient (Wildman–Crippen LogP) is 4.15. The minimum atomic E-state index is -0.350. The van der Waals surface area contributed by atoms with Gasteiger partial charge in [0, 0.05) is 20.4 Å². The van der Waals surface area contributed by atoms with Crippen LogP contribution >= 0.6 is 34.2 Å². The van der Waals surface area contributed by atoms with E-state index in [1.165, 1.54) is 6.07 Å². The highest BCUT2D eigenvalue weighted by Gasteiger charge is 2.06. The maximum absolute atomic E-state index is 13.5. The number of benzene rings is 1. The second-order valence-electron chi connectivity index (χ2n) is 2.98. The molecule has 0 N–H and O–H groups in total. The van der Waals surface area contributed by atoms with E-state index < -0.39 is 0 Å². The van der Waals surface area contributed by atoms with E-state index in [4.69, 9.17) is 11.6 Å². The Labute approximate surface area is 105 Å². The molecule has 0 unspecified atom stereocenters. The Kier molecular flexibility index (Phi) is 3.21. The van der Waals surface area contributed by atoms with Crippen molar-refractivity contribution < 1.29 is 4.39 Å². The van der Waals surface area contributed by atoms with Crippen molar-refractivity contribution in [1.82, 2.24) is 4.98 Å². The highest BCUT2D eigenvalue weighted by molar-refractivity contribution is 14.1. The van der Waals surface area contributed by atoms with Crippen LogP contribution in [-0.4, -0.2) is 4.98 Å². The van der Waals surface area contributed by atoms with Crippen molar-refractivity contribution in [2.45, 2.75) is 0 Å². The fraction of sp³-hybridized carbons (Fsp3) is 0. The SMILES string of the molecule is Fc1cc(Cl)ccc1-c1cc(I)ccn1. The third-order valence-electron chi connectivity index (χ3n) is 1.93. The van der Waals surface area contributed by atoms with Crippen LogP contribution in [0.1, 0.15) is 0 Å². The Morgan fingerprint density at radius 1 is 1.20 bits per heavy atom. The van der Waals surface area contributed by atoms with Crippen molar-refractivity contribution in [2.75, 3.05) is 0 Å². The lowest BCUT2D eigenvalue weighted by Gasteiger charge is -2.03. The minimum absolute atomic E-state index is 0.350. The highest BCUT2D eigenvalue weighted by atomic mass is 127. The largest absolute Gasteiger partial charge is 0.256 e. The van der Waals surface area contributed by atoms with E-state index in [0.29, 0.717) is 16.3 Å². The molecule has 0 radical (unpaired) electrons. The van der Waals surface area contributed by atoms with E-state index in [2.05, 4.69) is 27.6 Å². The van der Waals surface area contributed by atoms with Gasteiger partial charge in [0.2, 0.25) is 0 Å². The topological polar surface area (TPSA) is 12.9 Å². The first-order valence-electron chi connectivity index (χ1n) is 4.24. The van der Waals surface area contributed by atoms with Crippen molar-refractivity contribution in [1.29, 1.82) is 0 Å². The number of hydrogen-bond acceptors (Lipinski definition) is 1. The van der Waals surface area contributed by atoms with Crippen LogP contribution in [0.4, 0.5) is 4.39 Å². The minimum Gasteiger partial charge on any atom is -0.256 e. The van der Waals surface area contributed by atoms with E-state index in [-0.39, 0.29) is 5.82 Å². The summed E-state index contributed by atoms with van der Waals surface area (Å²) in [4.78, 5) is 4.11. The van der Waals surface area contributed by atoms with Gasteiger partial charge < -0.3 is 0 Å². The van der Waals surface area contributed by atoms with Crippen LogP contribution in [-0.2, 0) is 0 Å². The fourth-order valence-corrected chi connectivity index (χ4v) is 1.86. The second-order valence-corrected chi connectivity index (χ2v) is 4.67. The molecule has 0 aliphatic heterocycles. The molecule has 1 heterocycles. The lowest BCUT2D eigenvalue weighted by Crippen LogP contribution is -1.88. The molecule has 1 aromatic carbocycles. The zero-order valence-corrected chi connectivity index (χ0v) is 10.5. The molecule has 2 aromatic rings. The fourth-order valence-electron chi connectivity index (χ4n) is 1.25. The van der Waals surface area contributed by atoms with E-state index in [1.807, 2.05) is 12.1 Å². The summed E-state index contributed by atoms with van der Waals surface area (Å²) in [7, 11) is 0. The summed E-state index contributed by atoms with van der Waals surface area (Å²) in [5.74, 6) is -0.350. The molecule has 1 nitrogen and oxygen atoms in total. The Bertz CT molecular complexity index is 502. The Morgan fingerprint density at radius 3 is 2.67 bits per heavy atom. The summed E-state index contributed by atoms with van der Waals surface area (Å²) < 4.78 is 14.6. The highest BCUT2D eigenvalue weighted by Crippen LogP contribution is 2.24. The standard InChI is InChI=1S/C11H6ClFIN/c12-7-1-2-9(10(13)5-7)11-6-8(14)3-4-15-11/h1-6H. The Hall–Kier alpha value is -0.680. The normalized spacial score (nSPS) is 10.3. The van der Waals surface area contributed by atoms with Gasteiger partial charge in [0.1, 0.15) is 5.82 Å². The molecule has 4 heteroatoms. The summed E-state index contributed by atoms with van der Waals surface area (Å²) in [6, 6.07) is 8.26. The first kappa shape index (κ1) is 10.8. The van der Waals surface area contributed by atoms with Crippen molar-refractivity contribution in [3.05, 3.63) is 50.9 Å². The predicted molar refractivity (Wildman–Crippen MR) is 67.4 cm³/mol. The van der Waals surface area contributed by atoms with Crippen LogP contribution in [0.3, 0.4) is 0 Å². The summed E-state index contributed by atoms with van der Waals surface area (Å²) in [6.45, 7) is 0. The molecule has 2 rings (SSSR count). The first-order valence-corrected chi connectivity index (χ1v) is 5.69. The van der Waals surface area contributed by atoms with Crippen molar-refractivity contribution in [2.24, 2.45) is 0 Å². The lowest BCUT2D eigenvalue weighted by atomic mass is 10.1. The molecule has 0 fully saturated rings. The van der Waals surface area contributed by atoms with Gasteiger partial charge in [-0.15, -0.1) is 0 Å². The van der Waals surface area contributed by atoms with Crippen molar-refractivity contribution >= 4 is 34.2 Å². The number of pyridine rings is 1. The first-order chi connectivity index (χ1) is 7.16. The maximum atomic E-state index is 13.5. The molecular formula is C11H6ClFIN.